The highest BCUT2D eigenvalue weighted by Crippen LogP contribution is 2.27. The van der Waals surface area contributed by atoms with Gasteiger partial charge in [0.1, 0.15) is 0 Å². The molecule has 1 aliphatic carbocycles. The van der Waals surface area contributed by atoms with Gasteiger partial charge < -0.3 is 10.1 Å². The largest absolute Gasteiger partial charge is 0.381 e. The average Bonchev–Trinajstić information content (AvgIpc) is 2.69. The molecule has 1 aliphatic heterocycles. The van der Waals surface area contributed by atoms with Crippen molar-refractivity contribution in [3.05, 3.63) is 30.3 Å². The van der Waals surface area contributed by atoms with Crippen molar-refractivity contribution in [3.8, 4) is 0 Å². The monoisotopic (exact) mass is 380 g/mol. The molecule has 1 unspecified atom stereocenters. The van der Waals surface area contributed by atoms with E-state index in [1.807, 2.05) is 0 Å². The van der Waals surface area contributed by atoms with E-state index in [2.05, 4.69) is 5.32 Å². The molecule has 0 bridgehead atoms. The van der Waals surface area contributed by atoms with E-state index in [0.717, 1.165) is 38.5 Å². The molecule has 1 aromatic rings. The van der Waals surface area contributed by atoms with Crippen molar-refractivity contribution in [3.63, 3.8) is 0 Å². The molecule has 1 atom stereocenters. The van der Waals surface area contributed by atoms with Crippen LogP contribution in [-0.4, -0.2) is 51.0 Å². The molecule has 3 rings (SSSR count). The highest BCUT2D eigenvalue weighted by Gasteiger charge is 2.33. The number of carbonyl (C=O) groups excluding carboxylic acids is 1. The van der Waals surface area contributed by atoms with Crippen LogP contribution in [0.25, 0.3) is 0 Å². The van der Waals surface area contributed by atoms with E-state index in [4.69, 9.17) is 4.74 Å². The van der Waals surface area contributed by atoms with E-state index in [0.29, 0.717) is 18.0 Å². The summed E-state index contributed by atoms with van der Waals surface area (Å²) in [5.74, 6) is 0.0750. The Hall–Kier alpha value is -1.44. The third kappa shape index (κ3) is 4.45. The summed E-state index contributed by atoms with van der Waals surface area (Å²) >= 11 is 0. The number of sulfonamides is 1. The number of rotatable bonds is 5. The zero-order chi connectivity index (χ0) is 18.6. The quantitative estimate of drug-likeness (QED) is 0.849. The fraction of sp³-hybridized carbons (Fsp3) is 0.632. The molecule has 0 radical (unpaired) electrons. The fourth-order valence-electron chi connectivity index (χ4n) is 3.90. The van der Waals surface area contributed by atoms with Gasteiger partial charge in [-0.3, -0.25) is 4.79 Å². The van der Waals surface area contributed by atoms with Crippen molar-refractivity contribution < 1.29 is 17.9 Å². The molecule has 26 heavy (non-hydrogen) atoms. The summed E-state index contributed by atoms with van der Waals surface area (Å²) < 4.78 is 32.4. The summed E-state index contributed by atoms with van der Waals surface area (Å²) in [6.45, 7) is 0.846. The maximum absolute atomic E-state index is 12.8. The first kappa shape index (κ1) is 19.3. The van der Waals surface area contributed by atoms with Crippen LogP contribution in [0.4, 0.5) is 0 Å². The second-order valence-electron chi connectivity index (χ2n) is 7.23. The van der Waals surface area contributed by atoms with Crippen molar-refractivity contribution in [2.24, 2.45) is 5.92 Å². The smallest absolute Gasteiger partial charge is 0.243 e. The topological polar surface area (TPSA) is 75.7 Å². The molecule has 0 spiro atoms. The third-order valence-corrected chi connectivity index (χ3v) is 7.37. The third-order valence-electron chi connectivity index (χ3n) is 5.49. The van der Waals surface area contributed by atoms with E-state index in [-0.39, 0.29) is 24.0 Å². The Labute approximate surface area is 156 Å². The Morgan fingerprint density at radius 3 is 2.46 bits per heavy atom. The lowest BCUT2D eigenvalue weighted by molar-refractivity contribution is -0.127. The molecule has 7 heteroatoms. The SMILES string of the molecule is COC1CCC(C(=O)NC2CCCN(S(=O)(=O)c3ccccc3)C2)CC1. The zero-order valence-corrected chi connectivity index (χ0v) is 16.1. The van der Waals surface area contributed by atoms with Gasteiger partial charge in [-0.1, -0.05) is 18.2 Å². The molecule has 2 fully saturated rings. The van der Waals surface area contributed by atoms with Crippen LogP contribution >= 0.6 is 0 Å². The van der Waals surface area contributed by atoms with E-state index >= 15 is 0 Å². The lowest BCUT2D eigenvalue weighted by atomic mass is 9.86. The number of hydrogen-bond acceptors (Lipinski definition) is 4. The van der Waals surface area contributed by atoms with Crippen LogP contribution in [0.1, 0.15) is 38.5 Å². The minimum Gasteiger partial charge on any atom is -0.381 e. The summed E-state index contributed by atoms with van der Waals surface area (Å²) in [4.78, 5) is 12.9. The Morgan fingerprint density at radius 2 is 1.81 bits per heavy atom. The molecule has 1 amide bonds. The molecular formula is C19H28N2O4S. The first-order chi connectivity index (χ1) is 12.5. The van der Waals surface area contributed by atoms with Crippen molar-refractivity contribution in [2.45, 2.75) is 55.6 Å². The molecular weight excluding hydrogens is 352 g/mol. The molecule has 0 aromatic heterocycles. The number of nitrogens with zero attached hydrogens (tertiary/aromatic N) is 1. The van der Waals surface area contributed by atoms with Gasteiger partial charge in [-0.15, -0.1) is 0 Å². The van der Waals surface area contributed by atoms with Crippen molar-refractivity contribution in [1.82, 2.24) is 9.62 Å². The maximum Gasteiger partial charge on any atom is 0.243 e. The van der Waals surface area contributed by atoms with Crippen LogP contribution in [0.2, 0.25) is 0 Å². The van der Waals surface area contributed by atoms with Crippen molar-refractivity contribution >= 4 is 15.9 Å². The summed E-state index contributed by atoms with van der Waals surface area (Å²) in [6, 6.07) is 8.38. The first-order valence-corrected chi connectivity index (χ1v) is 10.8. The number of benzene rings is 1. The standard InChI is InChI=1S/C19H28N2O4S/c1-25-17-11-9-15(10-12-17)19(22)20-16-6-5-13-21(14-16)26(23,24)18-7-3-2-4-8-18/h2-4,7-8,15-17H,5-6,9-14H2,1H3,(H,20,22). The molecule has 144 valence electrons. The minimum absolute atomic E-state index is 0.0162. The van der Waals surface area contributed by atoms with Gasteiger partial charge in [0, 0.05) is 32.2 Å². The van der Waals surface area contributed by atoms with Crippen LogP contribution in [0, 0.1) is 5.92 Å². The second kappa shape index (κ2) is 8.50. The van der Waals surface area contributed by atoms with Gasteiger partial charge in [-0.25, -0.2) is 8.42 Å². The first-order valence-electron chi connectivity index (χ1n) is 9.39. The van der Waals surface area contributed by atoms with E-state index in [1.54, 1.807) is 37.4 Å². The molecule has 2 aliphatic rings. The van der Waals surface area contributed by atoms with Gasteiger partial charge in [0.25, 0.3) is 0 Å². The highest BCUT2D eigenvalue weighted by atomic mass is 32.2. The van der Waals surface area contributed by atoms with E-state index in [1.165, 1.54) is 4.31 Å². The number of amides is 1. The van der Waals surface area contributed by atoms with Crippen LogP contribution in [-0.2, 0) is 19.6 Å². The number of methoxy groups -OCH3 is 1. The number of hydrogen-bond donors (Lipinski definition) is 1. The number of piperidine rings is 1. The summed E-state index contributed by atoms with van der Waals surface area (Å²) in [5.41, 5.74) is 0. The van der Waals surface area contributed by atoms with Gasteiger partial charge in [-0.2, -0.15) is 4.31 Å². The fourth-order valence-corrected chi connectivity index (χ4v) is 5.44. The van der Waals surface area contributed by atoms with Gasteiger partial charge in [0.15, 0.2) is 0 Å². The maximum atomic E-state index is 12.8. The minimum atomic E-state index is -3.50. The molecule has 1 saturated carbocycles. The number of ether oxygens (including phenoxy) is 1. The van der Waals surface area contributed by atoms with Crippen LogP contribution < -0.4 is 5.32 Å². The Morgan fingerprint density at radius 1 is 1.12 bits per heavy atom. The molecule has 1 aromatic carbocycles. The van der Waals surface area contributed by atoms with Gasteiger partial charge in [0.05, 0.1) is 11.0 Å². The Kier molecular flexibility index (Phi) is 6.32. The lowest BCUT2D eigenvalue weighted by Gasteiger charge is -2.34. The molecule has 1 N–H and O–H groups in total. The zero-order valence-electron chi connectivity index (χ0n) is 15.3. The van der Waals surface area contributed by atoms with Crippen LogP contribution in [0.3, 0.4) is 0 Å². The van der Waals surface area contributed by atoms with Crippen molar-refractivity contribution in [1.29, 1.82) is 0 Å². The molecule has 6 nitrogen and oxygen atoms in total. The van der Waals surface area contributed by atoms with Crippen LogP contribution in [0.5, 0.6) is 0 Å². The van der Waals surface area contributed by atoms with Gasteiger partial charge in [-0.05, 0) is 50.7 Å². The second-order valence-corrected chi connectivity index (χ2v) is 9.17. The normalized spacial score (nSPS) is 27.8. The molecule has 1 heterocycles. The summed E-state index contributed by atoms with van der Waals surface area (Å²) in [6.07, 6.45) is 5.33. The predicted molar refractivity (Wildman–Crippen MR) is 99.1 cm³/mol. The Bertz CT molecular complexity index is 700. The number of carbonyl (C=O) groups is 1. The summed E-state index contributed by atoms with van der Waals surface area (Å²) in [7, 11) is -1.78. The summed E-state index contributed by atoms with van der Waals surface area (Å²) in [5, 5.41) is 3.09. The number of nitrogens with one attached hydrogen (secondary N) is 1. The predicted octanol–water partition coefficient (Wildman–Crippen LogP) is 2.16. The highest BCUT2D eigenvalue weighted by molar-refractivity contribution is 7.89. The molecule has 1 saturated heterocycles. The lowest BCUT2D eigenvalue weighted by Crippen LogP contribution is -2.51. The van der Waals surface area contributed by atoms with E-state index < -0.39 is 10.0 Å². The van der Waals surface area contributed by atoms with Gasteiger partial charge in [0.2, 0.25) is 15.9 Å². The van der Waals surface area contributed by atoms with E-state index in [9.17, 15) is 13.2 Å². The van der Waals surface area contributed by atoms with Crippen LogP contribution in [0.15, 0.2) is 35.2 Å². The van der Waals surface area contributed by atoms with Crippen molar-refractivity contribution in [2.75, 3.05) is 20.2 Å². The van der Waals surface area contributed by atoms with Gasteiger partial charge >= 0.3 is 0 Å². The Balaban J connectivity index is 1.58. The average molecular weight is 381 g/mol.